The summed E-state index contributed by atoms with van der Waals surface area (Å²) in [5.74, 6) is -0.913. The molecule has 0 unspecified atom stereocenters. The van der Waals surface area contributed by atoms with Gasteiger partial charge in [0.2, 0.25) is 5.91 Å². The Bertz CT molecular complexity index is 845. The van der Waals surface area contributed by atoms with Gasteiger partial charge in [-0.05, 0) is 24.1 Å². The topological polar surface area (TPSA) is 62.2 Å². The van der Waals surface area contributed by atoms with Crippen molar-refractivity contribution >= 4 is 32.3 Å². The zero-order valence-corrected chi connectivity index (χ0v) is 13.2. The molecule has 1 amide bonds. The number of nitrogens with zero attached hydrogens (tertiary/aromatic N) is 1. The summed E-state index contributed by atoms with van der Waals surface area (Å²) in [7, 11) is 0. The fourth-order valence-corrected chi connectivity index (χ4v) is 3.23. The van der Waals surface area contributed by atoms with Crippen LogP contribution >= 0.6 is 11.3 Å². The molecule has 0 fully saturated rings. The minimum absolute atomic E-state index is 0.0256. The van der Waals surface area contributed by atoms with E-state index in [1.54, 1.807) is 31.3 Å². The summed E-state index contributed by atoms with van der Waals surface area (Å²) in [5.41, 5.74) is 1.66. The van der Waals surface area contributed by atoms with Crippen LogP contribution in [0.25, 0.3) is 10.1 Å². The van der Waals surface area contributed by atoms with Crippen LogP contribution in [0.15, 0.2) is 42.7 Å². The molecule has 0 aliphatic heterocycles. The third-order valence-corrected chi connectivity index (χ3v) is 4.68. The highest BCUT2D eigenvalue weighted by atomic mass is 32.1. The maximum absolute atomic E-state index is 13.6. The number of fused-ring (bicyclic) bond motifs is 1. The monoisotopic (exact) mass is 330 g/mol. The Morgan fingerprint density at radius 2 is 2.09 bits per heavy atom. The summed E-state index contributed by atoms with van der Waals surface area (Å²) >= 11 is 1.29. The second kappa shape index (κ2) is 6.44. The molecule has 23 heavy (non-hydrogen) atoms. The van der Waals surface area contributed by atoms with E-state index >= 15 is 0 Å². The SMILES string of the molecule is C[C@@H](C(=O)Nc1cc2c(F)cncc2s1)c1ccc(CO)cc1. The number of anilines is 1. The fourth-order valence-electron chi connectivity index (χ4n) is 2.28. The van der Waals surface area contributed by atoms with Gasteiger partial charge in [-0.1, -0.05) is 24.3 Å². The van der Waals surface area contributed by atoms with Crippen molar-refractivity contribution < 1.29 is 14.3 Å². The van der Waals surface area contributed by atoms with Crippen LogP contribution in [0.4, 0.5) is 9.39 Å². The van der Waals surface area contributed by atoms with E-state index in [1.165, 1.54) is 11.3 Å². The predicted molar refractivity (Wildman–Crippen MR) is 89.0 cm³/mol. The largest absolute Gasteiger partial charge is 0.392 e. The lowest BCUT2D eigenvalue weighted by Gasteiger charge is -2.12. The van der Waals surface area contributed by atoms with Crippen molar-refractivity contribution in [3.63, 3.8) is 0 Å². The van der Waals surface area contributed by atoms with E-state index in [1.807, 2.05) is 12.1 Å². The number of pyridine rings is 1. The molecule has 3 aromatic rings. The molecule has 0 aliphatic carbocycles. The summed E-state index contributed by atoms with van der Waals surface area (Å²) in [6, 6.07) is 8.85. The Morgan fingerprint density at radius 3 is 2.74 bits per heavy atom. The van der Waals surface area contributed by atoms with Gasteiger partial charge in [-0.2, -0.15) is 0 Å². The lowest BCUT2D eigenvalue weighted by molar-refractivity contribution is -0.117. The average Bonchev–Trinajstić information content (AvgIpc) is 2.98. The fraction of sp³-hybridized carbons (Fsp3) is 0.176. The first-order valence-electron chi connectivity index (χ1n) is 7.12. The number of hydrogen-bond donors (Lipinski definition) is 2. The van der Waals surface area contributed by atoms with E-state index in [4.69, 9.17) is 5.11 Å². The molecule has 0 bridgehead atoms. The Hall–Kier alpha value is -2.31. The van der Waals surface area contributed by atoms with Gasteiger partial charge in [-0.15, -0.1) is 11.3 Å². The highest BCUT2D eigenvalue weighted by Crippen LogP contribution is 2.31. The highest BCUT2D eigenvalue weighted by Gasteiger charge is 2.17. The number of carbonyl (C=O) groups excluding carboxylic acids is 1. The van der Waals surface area contributed by atoms with Crippen LogP contribution in [0.5, 0.6) is 0 Å². The Kier molecular flexibility index (Phi) is 4.36. The Labute approximate surface area is 136 Å². The van der Waals surface area contributed by atoms with Crippen LogP contribution in [0.3, 0.4) is 0 Å². The number of carbonyl (C=O) groups is 1. The minimum atomic E-state index is -0.396. The molecule has 6 heteroatoms. The number of benzene rings is 1. The third kappa shape index (κ3) is 3.23. The minimum Gasteiger partial charge on any atom is -0.392 e. The van der Waals surface area contributed by atoms with Gasteiger partial charge >= 0.3 is 0 Å². The molecule has 2 heterocycles. The normalized spacial score (nSPS) is 12.3. The number of halogens is 1. The molecule has 0 saturated carbocycles. The lowest BCUT2D eigenvalue weighted by Crippen LogP contribution is -2.18. The number of aliphatic hydroxyl groups excluding tert-OH is 1. The van der Waals surface area contributed by atoms with Crippen LogP contribution in [-0.4, -0.2) is 16.0 Å². The Morgan fingerprint density at radius 1 is 1.35 bits per heavy atom. The summed E-state index contributed by atoms with van der Waals surface area (Å²) < 4.78 is 14.3. The van der Waals surface area contributed by atoms with Crippen molar-refractivity contribution in [1.29, 1.82) is 0 Å². The van der Waals surface area contributed by atoms with E-state index in [9.17, 15) is 9.18 Å². The molecule has 3 rings (SSSR count). The van der Waals surface area contributed by atoms with Gasteiger partial charge in [0.15, 0.2) is 0 Å². The lowest BCUT2D eigenvalue weighted by atomic mass is 9.99. The maximum Gasteiger partial charge on any atom is 0.232 e. The van der Waals surface area contributed by atoms with Gasteiger partial charge in [0.25, 0.3) is 0 Å². The molecule has 118 valence electrons. The zero-order valence-electron chi connectivity index (χ0n) is 12.4. The van der Waals surface area contributed by atoms with Gasteiger partial charge in [-0.25, -0.2) is 4.39 Å². The van der Waals surface area contributed by atoms with Crippen molar-refractivity contribution in [2.75, 3.05) is 5.32 Å². The van der Waals surface area contributed by atoms with Crippen LogP contribution in [-0.2, 0) is 11.4 Å². The quantitative estimate of drug-likeness (QED) is 0.767. The number of rotatable bonds is 4. The summed E-state index contributed by atoms with van der Waals surface area (Å²) in [4.78, 5) is 16.2. The van der Waals surface area contributed by atoms with E-state index in [0.29, 0.717) is 15.1 Å². The molecular weight excluding hydrogens is 315 g/mol. The van der Waals surface area contributed by atoms with Gasteiger partial charge in [0, 0.05) is 11.6 Å². The summed E-state index contributed by atoms with van der Waals surface area (Å²) in [6.45, 7) is 1.78. The number of thiophene rings is 1. The van der Waals surface area contributed by atoms with E-state index < -0.39 is 5.82 Å². The van der Waals surface area contributed by atoms with Gasteiger partial charge in [0.1, 0.15) is 5.82 Å². The van der Waals surface area contributed by atoms with Crippen molar-refractivity contribution in [3.05, 3.63) is 59.7 Å². The molecule has 2 aromatic heterocycles. The molecule has 0 aliphatic rings. The van der Waals surface area contributed by atoms with Gasteiger partial charge in [0.05, 0.1) is 28.4 Å². The molecule has 1 aromatic carbocycles. The van der Waals surface area contributed by atoms with E-state index in [0.717, 1.165) is 17.3 Å². The maximum atomic E-state index is 13.6. The van der Waals surface area contributed by atoms with Crippen molar-refractivity contribution in [2.24, 2.45) is 0 Å². The van der Waals surface area contributed by atoms with Crippen molar-refractivity contribution in [1.82, 2.24) is 4.98 Å². The standard InChI is InChI=1S/C17H15FN2O2S/c1-10(12-4-2-11(9-21)3-5-12)17(22)20-16-6-13-14(18)7-19-8-15(13)23-16/h2-8,10,21H,9H2,1H3,(H,20,22)/t10-/m1/s1. The average molecular weight is 330 g/mol. The molecule has 1 atom stereocenters. The van der Waals surface area contributed by atoms with Crippen molar-refractivity contribution in [3.8, 4) is 0 Å². The van der Waals surface area contributed by atoms with E-state index in [2.05, 4.69) is 10.3 Å². The van der Waals surface area contributed by atoms with Crippen LogP contribution in [0, 0.1) is 5.82 Å². The summed E-state index contributed by atoms with van der Waals surface area (Å²) in [6.07, 6.45) is 2.74. The number of aliphatic hydroxyl groups is 1. The summed E-state index contributed by atoms with van der Waals surface area (Å²) in [5, 5.41) is 12.9. The second-order valence-corrected chi connectivity index (χ2v) is 6.34. The van der Waals surface area contributed by atoms with E-state index in [-0.39, 0.29) is 18.4 Å². The highest BCUT2D eigenvalue weighted by molar-refractivity contribution is 7.22. The zero-order chi connectivity index (χ0) is 16.4. The number of hydrogen-bond acceptors (Lipinski definition) is 4. The number of amides is 1. The molecular formula is C17H15FN2O2S. The molecule has 0 radical (unpaired) electrons. The first kappa shape index (κ1) is 15.6. The number of nitrogens with one attached hydrogen (secondary N) is 1. The molecule has 2 N–H and O–H groups in total. The van der Waals surface area contributed by atoms with Gasteiger partial charge in [-0.3, -0.25) is 9.78 Å². The molecule has 4 nitrogen and oxygen atoms in total. The predicted octanol–water partition coefficient (Wildman–Crippen LogP) is 3.67. The van der Waals surface area contributed by atoms with Crippen LogP contribution < -0.4 is 5.32 Å². The molecule has 0 spiro atoms. The Balaban J connectivity index is 1.77. The third-order valence-electron chi connectivity index (χ3n) is 3.70. The first-order valence-corrected chi connectivity index (χ1v) is 7.93. The molecule has 0 saturated heterocycles. The number of aromatic nitrogens is 1. The van der Waals surface area contributed by atoms with Crippen LogP contribution in [0.1, 0.15) is 24.0 Å². The van der Waals surface area contributed by atoms with Gasteiger partial charge < -0.3 is 10.4 Å². The second-order valence-electron chi connectivity index (χ2n) is 5.25. The first-order chi connectivity index (χ1) is 11.1. The van der Waals surface area contributed by atoms with Crippen molar-refractivity contribution in [2.45, 2.75) is 19.4 Å². The smallest absolute Gasteiger partial charge is 0.232 e. The van der Waals surface area contributed by atoms with Crippen LogP contribution in [0.2, 0.25) is 0 Å².